The summed E-state index contributed by atoms with van der Waals surface area (Å²) in [6.45, 7) is 6.61. The molecule has 0 radical (unpaired) electrons. The van der Waals surface area contributed by atoms with Crippen molar-refractivity contribution in [1.29, 1.82) is 0 Å². The first-order valence-electron chi connectivity index (χ1n) is 5.22. The monoisotopic (exact) mass is 263 g/mol. The van der Waals surface area contributed by atoms with Crippen LogP contribution in [0.15, 0.2) is 12.1 Å². The molecule has 0 aliphatic heterocycles. The molecule has 0 amide bonds. The van der Waals surface area contributed by atoms with E-state index in [1.807, 2.05) is 17.8 Å². The summed E-state index contributed by atoms with van der Waals surface area (Å²) in [5.41, 5.74) is 0. The number of rotatable bonds is 6. The minimum Gasteiger partial charge on any atom is -0.306 e. The van der Waals surface area contributed by atoms with Crippen molar-refractivity contribution < 1.29 is 0 Å². The van der Waals surface area contributed by atoms with E-state index in [2.05, 4.69) is 32.2 Å². The number of thiophene rings is 1. The molecule has 1 heterocycles. The molecular weight excluding hydrogens is 246 g/mol. The molecule has 4 heteroatoms. The summed E-state index contributed by atoms with van der Waals surface area (Å²) in [5, 5.41) is 3.58. The van der Waals surface area contributed by atoms with Crippen molar-refractivity contribution in [2.75, 3.05) is 11.5 Å². The molecular formula is C11H18ClNS2. The van der Waals surface area contributed by atoms with Crippen LogP contribution in [-0.4, -0.2) is 17.5 Å². The van der Waals surface area contributed by atoms with Gasteiger partial charge < -0.3 is 5.32 Å². The molecule has 1 nitrogen and oxygen atoms in total. The van der Waals surface area contributed by atoms with Gasteiger partial charge >= 0.3 is 0 Å². The van der Waals surface area contributed by atoms with E-state index < -0.39 is 0 Å². The summed E-state index contributed by atoms with van der Waals surface area (Å²) < 4.78 is 0.870. The Morgan fingerprint density at radius 1 is 1.47 bits per heavy atom. The number of halogens is 1. The third-order valence-electron chi connectivity index (χ3n) is 2.13. The van der Waals surface area contributed by atoms with Crippen LogP contribution in [0.25, 0.3) is 0 Å². The molecule has 86 valence electrons. The van der Waals surface area contributed by atoms with Gasteiger partial charge in [-0.2, -0.15) is 11.8 Å². The summed E-state index contributed by atoms with van der Waals surface area (Å²) in [7, 11) is 0. The Labute approximate surface area is 106 Å². The fraction of sp³-hybridized carbons (Fsp3) is 0.636. The Hall–Kier alpha value is 0.300. The molecule has 0 bridgehead atoms. The maximum absolute atomic E-state index is 5.91. The SMILES string of the molecule is CCSCC(C)NC(C)c1ccc(Cl)s1. The lowest BCUT2D eigenvalue weighted by Gasteiger charge is -2.18. The summed E-state index contributed by atoms with van der Waals surface area (Å²) in [5.74, 6) is 2.35. The molecule has 0 saturated heterocycles. The lowest BCUT2D eigenvalue weighted by Crippen LogP contribution is -2.30. The lowest BCUT2D eigenvalue weighted by molar-refractivity contribution is 0.517. The van der Waals surface area contributed by atoms with Crippen LogP contribution in [0.5, 0.6) is 0 Å². The van der Waals surface area contributed by atoms with Gasteiger partial charge in [-0.3, -0.25) is 0 Å². The van der Waals surface area contributed by atoms with Gasteiger partial charge in [0.1, 0.15) is 0 Å². The second kappa shape index (κ2) is 6.79. The van der Waals surface area contributed by atoms with E-state index in [1.165, 1.54) is 16.4 Å². The van der Waals surface area contributed by atoms with Crippen LogP contribution in [0.1, 0.15) is 31.7 Å². The van der Waals surface area contributed by atoms with E-state index in [-0.39, 0.29) is 0 Å². The van der Waals surface area contributed by atoms with Crippen molar-refractivity contribution in [3.63, 3.8) is 0 Å². The van der Waals surface area contributed by atoms with Gasteiger partial charge in [0, 0.05) is 22.7 Å². The largest absolute Gasteiger partial charge is 0.306 e. The van der Waals surface area contributed by atoms with Gasteiger partial charge in [-0.1, -0.05) is 18.5 Å². The van der Waals surface area contributed by atoms with Gasteiger partial charge in [0.15, 0.2) is 0 Å². The zero-order valence-electron chi connectivity index (χ0n) is 9.42. The molecule has 2 unspecified atom stereocenters. The number of thioether (sulfide) groups is 1. The fourth-order valence-electron chi connectivity index (χ4n) is 1.41. The Kier molecular flexibility index (Phi) is 6.05. The van der Waals surface area contributed by atoms with Crippen LogP contribution < -0.4 is 5.32 Å². The van der Waals surface area contributed by atoms with Crippen molar-refractivity contribution >= 4 is 34.7 Å². The van der Waals surface area contributed by atoms with Gasteiger partial charge in [0.25, 0.3) is 0 Å². The molecule has 15 heavy (non-hydrogen) atoms. The van der Waals surface area contributed by atoms with Gasteiger partial charge in [-0.15, -0.1) is 11.3 Å². The minimum absolute atomic E-state index is 0.398. The molecule has 0 spiro atoms. The molecule has 0 fully saturated rings. The first-order valence-corrected chi connectivity index (χ1v) is 7.57. The van der Waals surface area contributed by atoms with Crippen LogP contribution in [-0.2, 0) is 0 Å². The fourth-order valence-corrected chi connectivity index (χ4v) is 3.17. The van der Waals surface area contributed by atoms with Gasteiger partial charge in [-0.05, 0) is 31.7 Å². The summed E-state index contributed by atoms with van der Waals surface area (Å²) in [6.07, 6.45) is 0. The summed E-state index contributed by atoms with van der Waals surface area (Å²) in [6, 6.07) is 5.01. The summed E-state index contributed by atoms with van der Waals surface area (Å²) >= 11 is 9.54. The maximum Gasteiger partial charge on any atom is 0.0931 e. The standard InChI is InChI=1S/C11H18ClNS2/c1-4-14-7-8(2)13-9(3)10-5-6-11(12)15-10/h5-6,8-9,13H,4,7H2,1-3H3. The average Bonchev–Trinajstić information content (AvgIpc) is 2.61. The Morgan fingerprint density at radius 3 is 2.73 bits per heavy atom. The van der Waals surface area contributed by atoms with E-state index in [0.29, 0.717) is 12.1 Å². The average molecular weight is 264 g/mol. The molecule has 1 rings (SSSR count). The van der Waals surface area contributed by atoms with Gasteiger partial charge in [0.05, 0.1) is 4.34 Å². The Bertz CT molecular complexity index is 288. The van der Waals surface area contributed by atoms with Crippen LogP contribution >= 0.6 is 34.7 Å². The van der Waals surface area contributed by atoms with E-state index in [0.717, 1.165) is 4.34 Å². The zero-order chi connectivity index (χ0) is 11.3. The molecule has 1 N–H and O–H groups in total. The molecule has 0 aromatic carbocycles. The maximum atomic E-state index is 5.91. The van der Waals surface area contributed by atoms with Gasteiger partial charge in [0.2, 0.25) is 0 Å². The van der Waals surface area contributed by atoms with E-state index in [9.17, 15) is 0 Å². The van der Waals surface area contributed by atoms with E-state index in [4.69, 9.17) is 11.6 Å². The molecule has 1 aromatic heterocycles. The van der Waals surface area contributed by atoms with Crippen LogP contribution in [0.4, 0.5) is 0 Å². The smallest absolute Gasteiger partial charge is 0.0931 e. The number of nitrogens with one attached hydrogen (secondary N) is 1. The molecule has 1 aromatic rings. The second-order valence-electron chi connectivity index (χ2n) is 3.59. The highest BCUT2D eigenvalue weighted by molar-refractivity contribution is 7.99. The normalized spacial score (nSPS) is 15.2. The summed E-state index contributed by atoms with van der Waals surface area (Å²) in [4.78, 5) is 1.31. The highest BCUT2D eigenvalue weighted by atomic mass is 35.5. The number of hydrogen-bond donors (Lipinski definition) is 1. The highest BCUT2D eigenvalue weighted by Gasteiger charge is 2.10. The Balaban J connectivity index is 2.38. The molecule has 0 aliphatic rings. The molecule has 0 aliphatic carbocycles. The molecule has 2 atom stereocenters. The van der Waals surface area contributed by atoms with Crippen molar-refractivity contribution in [1.82, 2.24) is 5.32 Å². The third kappa shape index (κ3) is 4.77. The van der Waals surface area contributed by atoms with Crippen LogP contribution in [0, 0.1) is 0 Å². The van der Waals surface area contributed by atoms with Crippen LogP contribution in [0.3, 0.4) is 0 Å². The molecule has 0 saturated carbocycles. The zero-order valence-corrected chi connectivity index (χ0v) is 11.8. The first kappa shape index (κ1) is 13.4. The van der Waals surface area contributed by atoms with Crippen molar-refractivity contribution in [2.45, 2.75) is 32.9 Å². The first-order chi connectivity index (χ1) is 7.13. The van der Waals surface area contributed by atoms with Crippen molar-refractivity contribution in [3.8, 4) is 0 Å². The van der Waals surface area contributed by atoms with Gasteiger partial charge in [-0.25, -0.2) is 0 Å². The van der Waals surface area contributed by atoms with Crippen molar-refractivity contribution in [3.05, 3.63) is 21.3 Å². The Morgan fingerprint density at radius 2 is 2.20 bits per heavy atom. The highest BCUT2D eigenvalue weighted by Crippen LogP contribution is 2.26. The third-order valence-corrected chi connectivity index (χ3v) is 4.69. The minimum atomic E-state index is 0.398. The van der Waals surface area contributed by atoms with E-state index >= 15 is 0 Å². The lowest BCUT2D eigenvalue weighted by atomic mass is 10.2. The predicted octanol–water partition coefficient (Wildman–Crippen LogP) is 4.19. The topological polar surface area (TPSA) is 12.0 Å². The number of hydrogen-bond acceptors (Lipinski definition) is 3. The second-order valence-corrected chi connectivity index (χ2v) is 6.66. The van der Waals surface area contributed by atoms with Crippen LogP contribution in [0.2, 0.25) is 4.34 Å². The predicted molar refractivity (Wildman–Crippen MR) is 73.3 cm³/mol. The van der Waals surface area contributed by atoms with Crippen molar-refractivity contribution in [2.24, 2.45) is 0 Å². The van der Waals surface area contributed by atoms with E-state index in [1.54, 1.807) is 11.3 Å². The quantitative estimate of drug-likeness (QED) is 0.826.